The maximum absolute atomic E-state index is 4.34. The van der Waals surface area contributed by atoms with Crippen LogP contribution in [-0.4, -0.2) is 36.8 Å². The van der Waals surface area contributed by atoms with Gasteiger partial charge in [0.2, 0.25) is 11.9 Å². The summed E-state index contributed by atoms with van der Waals surface area (Å²) in [6, 6.07) is 0.280. The van der Waals surface area contributed by atoms with Crippen LogP contribution in [0.5, 0.6) is 0 Å². The lowest BCUT2D eigenvalue weighted by Gasteiger charge is -2.10. The summed E-state index contributed by atoms with van der Waals surface area (Å²) in [5, 5.41) is 3.86. The third-order valence-corrected chi connectivity index (χ3v) is 2.49. The van der Waals surface area contributed by atoms with Gasteiger partial charge in [-0.15, -0.1) is 0 Å². The molecule has 0 bridgehead atoms. The molecule has 2 heterocycles. The number of aromatic nitrogens is 5. The molecule has 0 unspecified atom stereocenters. The Kier molecular flexibility index (Phi) is 3.58. The highest BCUT2D eigenvalue weighted by atomic mass is 32.2. The van der Waals surface area contributed by atoms with Crippen LogP contribution in [0, 0.1) is 0 Å². The van der Waals surface area contributed by atoms with Gasteiger partial charge < -0.3 is 5.32 Å². The highest BCUT2D eigenvalue weighted by Crippen LogP contribution is 2.13. The zero-order valence-corrected chi connectivity index (χ0v) is 10.8. The average Bonchev–Trinajstić information content (AvgIpc) is 2.81. The summed E-state index contributed by atoms with van der Waals surface area (Å²) in [6.45, 7) is 4.08. The van der Waals surface area contributed by atoms with Gasteiger partial charge in [0.25, 0.3) is 0 Å². The largest absolute Gasteiger partial charge is 0.352 e. The zero-order chi connectivity index (χ0) is 12.3. The van der Waals surface area contributed by atoms with Crippen molar-refractivity contribution in [2.45, 2.75) is 25.0 Å². The molecular weight excluding hydrogens is 236 g/mol. The van der Waals surface area contributed by atoms with Gasteiger partial charge in [0.05, 0.1) is 0 Å². The lowest BCUT2D eigenvalue weighted by atomic mass is 10.4. The van der Waals surface area contributed by atoms with Crippen LogP contribution in [-0.2, 0) is 0 Å². The molecule has 1 N–H and O–H groups in total. The monoisotopic (exact) mass is 250 g/mol. The number of imidazole rings is 1. The number of anilines is 1. The van der Waals surface area contributed by atoms with Crippen molar-refractivity contribution in [1.82, 2.24) is 24.5 Å². The molecule has 0 aliphatic heterocycles. The van der Waals surface area contributed by atoms with Crippen LogP contribution >= 0.6 is 11.8 Å². The first-order valence-electron chi connectivity index (χ1n) is 5.24. The van der Waals surface area contributed by atoms with E-state index >= 15 is 0 Å². The summed E-state index contributed by atoms with van der Waals surface area (Å²) in [4.78, 5) is 16.9. The predicted octanol–water partition coefficient (Wildman–Crippen LogP) is 1.60. The molecule has 0 amide bonds. The van der Waals surface area contributed by atoms with E-state index in [0.29, 0.717) is 17.1 Å². The molecule has 0 fully saturated rings. The lowest BCUT2D eigenvalue weighted by Crippen LogP contribution is -2.15. The molecule has 90 valence electrons. The fourth-order valence-electron chi connectivity index (χ4n) is 1.25. The summed E-state index contributed by atoms with van der Waals surface area (Å²) >= 11 is 1.49. The van der Waals surface area contributed by atoms with Gasteiger partial charge in [-0.25, -0.2) is 4.98 Å². The van der Waals surface area contributed by atoms with E-state index in [1.165, 1.54) is 11.8 Å². The molecule has 0 atom stereocenters. The topological polar surface area (TPSA) is 68.5 Å². The summed E-state index contributed by atoms with van der Waals surface area (Å²) < 4.78 is 1.76. The van der Waals surface area contributed by atoms with E-state index in [4.69, 9.17) is 0 Å². The van der Waals surface area contributed by atoms with Gasteiger partial charge in [-0.2, -0.15) is 15.0 Å². The molecule has 0 spiro atoms. The maximum Gasteiger partial charge on any atom is 0.240 e. The molecule has 0 saturated heterocycles. The SMILES string of the molecule is CSc1nc(NC(C)C)nc(-n2ccnc2)n1. The van der Waals surface area contributed by atoms with E-state index in [0.717, 1.165) is 0 Å². The normalized spacial score (nSPS) is 10.8. The molecule has 6 nitrogen and oxygen atoms in total. The van der Waals surface area contributed by atoms with Crippen molar-refractivity contribution in [2.24, 2.45) is 0 Å². The van der Waals surface area contributed by atoms with E-state index in [2.05, 4.69) is 25.3 Å². The smallest absolute Gasteiger partial charge is 0.240 e. The third-order valence-electron chi connectivity index (χ3n) is 1.94. The van der Waals surface area contributed by atoms with E-state index in [1.54, 1.807) is 23.3 Å². The quantitative estimate of drug-likeness (QED) is 0.831. The predicted molar refractivity (Wildman–Crippen MR) is 67.5 cm³/mol. The van der Waals surface area contributed by atoms with E-state index in [-0.39, 0.29) is 6.04 Å². The van der Waals surface area contributed by atoms with Crippen molar-refractivity contribution in [1.29, 1.82) is 0 Å². The van der Waals surface area contributed by atoms with Crippen molar-refractivity contribution in [2.75, 3.05) is 11.6 Å². The summed E-state index contributed by atoms with van der Waals surface area (Å²) in [5.74, 6) is 1.16. The summed E-state index contributed by atoms with van der Waals surface area (Å²) in [5.41, 5.74) is 0. The van der Waals surface area contributed by atoms with Crippen LogP contribution in [0.4, 0.5) is 5.95 Å². The Bertz CT molecular complexity index is 482. The summed E-state index contributed by atoms with van der Waals surface area (Å²) in [6.07, 6.45) is 7.10. The van der Waals surface area contributed by atoms with Gasteiger partial charge in [-0.05, 0) is 20.1 Å². The fourth-order valence-corrected chi connectivity index (χ4v) is 1.60. The number of hydrogen-bond donors (Lipinski definition) is 1. The Morgan fingerprint density at radius 3 is 2.71 bits per heavy atom. The number of thioether (sulfide) groups is 1. The van der Waals surface area contributed by atoms with Gasteiger partial charge in [-0.1, -0.05) is 11.8 Å². The number of nitrogens with zero attached hydrogens (tertiary/aromatic N) is 5. The van der Waals surface area contributed by atoms with Crippen molar-refractivity contribution < 1.29 is 0 Å². The highest BCUT2D eigenvalue weighted by molar-refractivity contribution is 7.98. The number of rotatable bonds is 4. The molecule has 7 heteroatoms. The van der Waals surface area contributed by atoms with Crippen LogP contribution in [0.2, 0.25) is 0 Å². The molecule has 0 aliphatic rings. The highest BCUT2D eigenvalue weighted by Gasteiger charge is 2.07. The molecule has 0 saturated carbocycles. The average molecular weight is 250 g/mol. The molecule has 2 aromatic heterocycles. The number of hydrogen-bond acceptors (Lipinski definition) is 6. The van der Waals surface area contributed by atoms with Gasteiger partial charge in [0, 0.05) is 18.4 Å². The molecule has 2 aromatic rings. The minimum absolute atomic E-state index is 0.280. The van der Waals surface area contributed by atoms with Crippen molar-refractivity contribution >= 4 is 17.7 Å². The second kappa shape index (κ2) is 5.13. The van der Waals surface area contributed by atoms with Gasteiger partial charge in [-0.3, -0.25) is 4.57 Å². The first-order valence-corrected chi connectivity index (χ1v) is 6.46. The Morgan fingerprint density at radius 2 is 2.12 bits per heavy atom. The van der Waals surface area contributed by atoms with Gasteiger partial charge >= 0.3 is 0 Å². The Balaban J connectivity index is 2.38. The first kappa shape index (κ1) is 11.8. The Hall–Kier alpha value is -1.63. The van der Waals surface area contributed by atoms with Gasteiger partial charge in [0.15, 0.2) is 5.16 Å². The molecule has 2 rings (SSSR count). The van der Waals surface area contributed by atoms with Crippen LogP contribution in [0.15, 0.2) is 23.9 Å². The van der Waals surface area contributed by atoms with Crippen LogP contribution in [0.1, 0.15) is 13.8 Å². The van der Waals surface area contributed by atoms with E-state index in [9.17, 15) is 0 Å². The van der Waals surface area contributed by atoms with Crippen molar-refractivity contribution in [3.8, 4) is 5.95 Å². The molecule has 0 aliphatic carbocycles. The Labute approximate surface area is 104 Å². The maximum atomic E-state index is 4.34. The Morgan fingerprint density at radius 1 is 1.29 bits per heavy atom. The second-order valence-corrected chi connectivity index (χ2v) is 4.49. The van der Waals surface area contributed by atoms with Crippen LogP contribution in [0.3, 0.4) is 0 Å². The summed E-state index contributed by atoms with van der Waals surface area (Å²) in [7, 11) is 0. The first-order chi connectivity index (χ1) is 8.19. The fraction of sp³-hybridized carbons (Fsp3) is 0.400. The number of nitrogens with one attached hydrogen (secondary N) is 1. The van der Waals surface area contributed by atoms with Crippen LogP contribution < -0.4 is 5.32 Å². The minimum Gasteiger partial charge on any atom is -0.352 e. The zero-order valence-electron chi connectivity index (χ0n) is 9.95. The molecule has 0 aromatic carbocycles. The lowest BCUT2D eigenvalue weighted by molar-refractivity contribution is 0.798. The third kappa shape index (κ3) is 2.94. The van der Waals surface area contributed by atoms with E-state index in [1.807, 2.05) is 20.1 Å². The van der Waals surface area contributed by atoms with Crippen molar-refractivity contribution in [3.05, 3.63) is 18.7 Å². The second-order valence-electron chi connectivity index (χ2n) is 3.71. The van der Waals surface area contributed by atoms with Gasteiger partial charge in [0.1, 0.15) is 6.33 Å². The van der Waals surface area contributed by atoms with Crippen LogP contribution in [0.25, 0.3) is 5.95 Å². The van der Waals surface area contributed by atoms with Crippen molar-refractivity contribution in [3.63, 3.8) is 0 Å². The molecular formula is C10H14N6S. The minimum atomic E-state index is 0.280. The standard InChI is InChI=1S/C10H14N6S/c1-7(2)12-8-13-9(15-10(14-8)17-3)16-5-4-11-6-16/h4-7H,1-3H3,(H,12,13,14,15). The molecule has 0 radical (unpaired) electrons. The molecule has 17 heavy (non-hydrogen) atoms. The van der Waals surface area contributed by atoms with E-state index < -0.39 is 0 Å².